The number of imidazole rings is 1. The SMILES string of the molecule is COc1ccccc1OCC(C)NC(=O)c1ccc(Cn2ccnc2)cc1. The number of para-hydroxylation sites is 2. The van der Waals surface area contributed by atoms with Crippen molar-refractivity contribution in [2.24, 2.45) is 0 Å². The number of hydrogen-bond acceptors (Lipinski definition) is 4. The van der Waals surface area contributed by atoms with Crippen LogP contribution in [0.5, 0.6) is 11.5 Å². The third kappa shape index (κ3) is 5.10. The molecule has 6 heteroatoms. The van der Waals surface area contributed by atoms with Gasteiger partial charge in [0.15, 0.2) is 11.5 Å². The first-order valence-electron chi connectivity index (χ1n) is 8.77. The second-order valence-electron chi connectivity index (χ2n) is 6.27. The van der Waals surface area contributed by atoms with E-state index in [0.29, 0.717) is 23.7 Å². The monoisotopic (exact) mass is 365 g/mol. The zero-order chi connectivity index (χ0) is 19.1. The Morgan fingerprint density at radius 2 is 1.89 bits per heavy atom. The van der Waals surface area contributed by atoms with E-state index in [1.54, 1.807) is 19.6 Å². The van der Waals surface area contributed by atoms with Gasteiger partial charge in [-0.15, -0.1) is 0 Å². The Hall–Kier alpha value is -3.28. The Bertz CT molecular complexity index is 861. The van der Waals surface area contributed by atoms with Crippen molar-refractivity contribution in [2.45, 2.75) is 19.5 Å². The quantitative estimate of drug-likeness (QED) is 0.666. The van der Waals surface area contributed by atoms with Crippen LogP contribution in [-0.2, 0) is 6.54 Å². The van der Waals surface area contributed by atoms with Crippen molar-refractivity contribution >= 4 is 5.91 Å². The van der Waals surface area contributed by atoms with Gasteiger partial charge in [-0.05, 0) is 36.8 Å². The number of carbonyl (C=O) groups is 1. The average Bonchev–Trinajstić information content (AvgIpc) is 3.20. The molecule has 0 aliphatic heterocycles. The Morgan fingerprint density at radius 3 is 2.56 bits per heavy atom. The number of hydrogen-bond donors (Lipinski definition) is 1. The molecular formula is C21H23N3O3. The molecule has 0 fully saturated rings. The zero-order valence-corrected chi connectivity index (χ0v) is 15.5. The predicted molar refractivity (Wildman–Crippen MR) is 103 cm³/mol. The molecule has 1 unspecified atom stereocenters. The van der Waals surface area contributed by atoms with Crippen molar-refractivity contribution in [1.82, 2.24) is 14.9 Å². The Kier molecular flexibility index (Phi) is 6.10. The number of nitrogens with one attached hydrogen (secondary N) is 1. The van der Waals surface area contributed by atoms with Crippen molar-refractivity contribution in [3.05, 3.63) is 78.4 Å². The third-order valence-electron chi connectivity index (χ3n) is 4.08. The average molecular weight is 365 g/mol. The van der Waals surface area contributed by atoms with Crippen molar-refractivity contribution in [1.29, 1.82) is 0 Å². The van der Waals surface area contributed by atoms with Crippen LogP contribution in [0.1, 0.15) is 22.8 Å². The highest BCUT2D eigenvalue weighted by Gasteiger charge is 2.11. The normalized spacial score (nSPS) is 11.6. The molecule has 6 nitrogen and oxygen atoms in total. The summed E-state index contributed by atoms with van der Waals surface area (Å²) in [4.78, 5) is 16.4. The van der Waals surface area contributed by atoms with Crippen molar-refractivity contribution in [2.75, 3.05) is 13.7 Å². The van der Waals surface area contributed by atoms with E-state index in [1.807, 2.05) is 66.2 Å². The maximum Gasteiger partial charge on any atom is 0.251 e. The van der Waals surface area contributed by atoms with Gasteiger partial charge in [0, 0.05) is 24.5 Å². The van der Waals surface area contributed by atoms with Crippen LogP contribution >= 0.6 is 0 Å². The first-order chi connectivity index (χ1) is 13.2. The van der Waals surface area contributed by atoms with E-state index < -0.39 is 0 Å². The van der Waals surface area contributed by atoms with Gasteiger partial charge < -0.3 is 19.4 Å². The lowest BCUT2D eigenvalue weighted by Crippen LogP contribution is -2.36. The number of methoxy groups -OCH3 is 1. The Morgan fingerprint density at radius 1 is 1.15 bits per heavy atom. The van der Waals surface area contributed by atoms with Crippen LogP contribution in [0.15, 0.2) is 67.3 Å². The van der Waals surface area contributed by atoms with E-state index in [1.165, 1.54) is 0 Å². The largest absolute Gasteiger partial charge is 0.493 e. The van der Waals surface area contributed by atoms with Crippen molar-refractivity contribution in [3.8, 4) is 11.5 Å². The highest BCUT2D eigenvalue weighted by molar-refractivity contribution is 5.94. The topological polar surface area (TPSA) is 65.4 Å². The molecule has 27 heavy (non-hydrogen) atoms. The van der Waals surface area contributed by atoms with Crippen LogP contribution in [-0.4, -0.2) is 35.2 Å². The first-order valence-corrected chi connectivity index (χ1v) is 8.77. The summed E-state index contributed by atoms with van der Waals surface area (Å²) in [6.45, 7) is 2.98. The van der Waals surface area contributed by atoms with E-state index in [4.69, 9.17) is 9.47 Å². The highest BCUT2D eigenvalue weighted by Crippen LogP contribution is 2.25. The molecule has 0 aliphatic carbocycles. The minimum atomic E-state index is -0.145. The fraction of sp³-hybridized carbons (Fsp3) is 0.238. The second-order valence-corrected chi connectivity index (χ2v) is 6.27. The van der Waals surface area contributed by atoms with Crippen LogP contribution in [0.3, 0.4) is 0 Å². The lowest BCUT2D eigenvalue weighted by molar-refractivity contribution is 0.0926. The van der Waals surface area contributed by atoms with E-state index in [2.05, 4.69) is 10.3 Å². The van der Waals surface area contributed by atoms with Gasteiger partial charge in [-0.3, -0.25) is 4.79 Å². The van der Waals surface area contributed by atoms with Crippen LogP contribution in [0.4, 0.5) is 0 Å². The number of nitrogens with zero attached hydrogens (tertiary/aromatic N) is 2. The number of carbonyl (C=O) groups excluding carboxylic acids is 1. The number of aromatic nitrogens is 2. The molecule has 1 atom stereocenters. The molecular weight excluding hydrogens is 342 g/mol. The molecule has 0 radical (unpaired) electrons. The third-order valence-corrected chi connectivity index (χ3v) is 4.08. The standard InChI is InChI=1S/C21H23N3O3/c1-16(14-27-20-6-4-3-5-19(20)26-2)23-21(25)18-9-7-17(8-10-18)13-24-12-11-22-15-24/h3-12,15-16H,13-14H2,1-2H3,(H,23,25). The van der Waals surface area contributed by atoms with Gasteiger partial charge in [-0.1, -0.05) is 24.3 Å². The summed E-state index contributed by atoms with van der Waals surface area (Å²) in [6.07, 6.45) is 5.42. The van der Waals surface area contributed by atoms with Crippen molar-refractivity contribution < 1.29 is 14.3 Å². The molecule has 0 saturated heterocycles. The van der Waals surface area contributed by atoms with Crippen LogP contribution in [0, 0.1) is 0 Å². The molecule has 1 heterocycles. The molecule has 1 aromatic heterocycles. The molecule has 2 aromatic carbocycles. The summed E-state index contributed by atoms with van der Waals surface area (Å²) >= 11 is 0. The summed E-state index contributed by atoms with van der Waals surface area (Å²) in [5, 5.41) is 2.95. The van der Waals surface area contributed by atoms with Gasteiger partial charge in [0.1, 0.15) is 6.61 Å². The molecule has 140 valence electrons. The lowest BCUT2D eigenvalue weighted by Gasteiger charge is -2.16. The minimum absolute atomic E-state index is 0.125. The summed E-state index contributed by atoms with van der Waals surface area (Å²) in [7, 11) is 1.60. The molecule has 0 aliphatic rings. The van der Waals surface area contributed by atoms with Gasteiger partial charge in [0.05, 0.1) is 19.5 Å². The molecule has 3 aromatic rings. The molecule has 3 rings (SSSR count). The smallest absolute Gasteiger partial charge is 0.251 e. The molecule has 1 N–H and O–H groups in total. The van der Waals surface area contributed by atoms with E-state index >= 15 is 0 Å². The molecule has 0 spiro atoms. The fourth-order valence-electron chi connectivity index (χ4n) is 2.65. The molecule has 0 bridgehead atoms. The van der Waals surface area contributed by atoms with Crippen LogP contribution in [0.2, 0.25) is 0 Å². The Labute approximate surface area is 158 Å². The first kappa shape index (κ1) is 18.5. The van der Waals surface area contributed by atoms with Gasteiger partial charge in [-0.25, -0.2) is 4.98 Å². The van der Waals surface area contributed by atoms with E-state index in [0.717, 1.165) is 12.1 Å². The highest BCUT2D eigenvalue weighted by atomic mass is 16.5. The fourth-order valence-corrected chi connectivity index (χ4v) is 2.65. The van der Waals surface area contributed by atoms with Gasteiger partial charge in [0.25, 0.3) is 5.91 Å². The zero-order valence-electron chi connectivity index (χ0n) is 15.5. The summed E-state index contributed by atoms with van der Waals surface area (Å²) in [5.41, 5.74) is 1.73. The van der Waals surface area contributed by atoms with Gasteiger partial charge >= 0.3 is 0 Å². The van der Waals surface area contributed by atoms with Gasteiger partial charge in [0.2, 0.25) is 0 Å². The maximum atomic E-state index is 12.4. The van der Waals surface area contributed by atoms with E-state index in [-0.39, 0.29) is 11.9 Å². The lowest BCUT2D eigenvalue weighted by atomic mass is 10.1. The Balaban J connectivity index is 1.51. The van der Waals surface area contributed by atoms with E-state index in [9.17, 15) is 4.79 Å². The summed E-state index contributed by atoms with van der Waals surface area (Å²) in [5.74, 6) is 1.20. The maximum absolute atomic E-state index is 12.4. The van der Waals surface area contributed by atoms with Crippen LogP contribution in [0.25, 0.3) is 0 Å². The second kappa shape index (κ2) is 8.89. The van der Waals surface area contributed by atoms with Gasteiger partial charge in [-0.2, -0.15) is 0 Å². The number of amides is 1. The van der Waals surface area contributed by atoms with Crippen molar-refractivity contribution in [3.63, 3.8) is 0 Å². The molecule has 0 saturated carbocycles. The molecule has 1 amide bonds. The summed E-state index contributed by atoms with van der Waals surface area (Å²) in [6, 6.07) is 14.9. The summed E-state index contributed by atoms with van der Waals surface area (Å²) < 4.78 is 13.0. The predicted octanol–water partition coefficient (Wildman–Crippen LogP) is 3.14. The number of ether oxygens (including phenoxy) is 2. The number of rotatable bonds is 8. The minimum Gasteiger partial charge on any atom is -0.493 e. The number of benzene rings is 2. The van der Waals surface area contributed by atoms with Crippen LogP contribution < -0.4 is 14.8 Å².